The molecule has 7 nitrogen and oxygen atoms in total. The van der Waals surface area contributed by atoms with Crippen molar-refractivity contribution >= 4 is 27.8 Å². The predicted octanol–water partition coefficient (Wildman–Crippen LogP) is 5.90. The summed E-state index contributed by atoms with van der Waals surface area (Å²) in [6, 6.07) is 14.1. The zero-order valence-electron chi connectivity index (χ0n) is 22.4. The van der Waals surface area contributed by atoms with Gasteiger partial charge in [0.05, 0.1) is 11.6 Å². The molecule has 2 aromatic carbocycles. The van der Waals surface area contributed by atoms with Crippen molar-refractivity contribution in [2.24, 2.45) is 0 Å². The van der Waals surface area contributed by atoms with E-state index in [2.05, 4.69) is 52.0 Å². The topological polar surface area (TPSA) is 90.4 Å². The first-order chi connectivity index (χ1) is 17.3. The van der Waals surface area contributed by atoms with Gasteiger partial charge < -0.3 is 14.8 Å². The lowest BCUT2D eigenvalue weighted by atomic mass is 9.86. The molecule has 0 aliphatic rings. The van der Waals surface area contributed by atoms with E-state index in [1.54, 1.807) is 46.2 Å². The fourth-order valence-corrected chi connectivity index (χ4v) is 3.94. The third-order valence-electron chi connectivity index (χ3n) is 5.57. The fraction of sp³-hybridized carbons (Fsp3) is 0.379. The number of halogens is 1. The number of nitrogens with one attached hydrogen (secondary N) is 1. The minimum Gasteiger partial charge on any atom is -0.480 e. The number of nitrogens with zero attached hydrogens (tertiary/aromatic N) is 2. The Hall–Kier alpha value is -3.26. The molecule has 1 atom stereocenters. The molecule has 1 amide bonds. The summed E-state index contributed by atoms with van der Waals surface area (Å²) >= 11 is 3.36. The minimum atomic E-state index is -0.858. The van der Waals surface area contributed by atoms with Gasteiger partial charge in [-0.3, -0.25) is 4.79 Å². The molecule has 1 heterocycles. The van der Waals surface area contributed by atoms with Crippen LogP contribution in [-0.4, -0.2) is 40.6 Å². The number of benzene rings is 2. The number of amides is 1. The van der Waals surface area contributed by atoms with Crippen LogP contribution in [0.3, 0.4) is 0 Å². The smallest absolute Gasteiger partial charge is 0.329 e. The van der Waals surface area contributed by atoms with Crippen LogP contribution in [0, 0.1) is 0 Å². The van der Waals surface area contributed by atoms with Crippen molar-refractivity contribution in [1.82, 2.24) is 15.3 Å². The summed E-state index contributed by atoms with van der Waals surface area (Å²) in [5, 5.41) is 2.87. The SMILES string of the molecule is COc1nc(-c2ccc(CC(NC(=O)c3ccc(C(C)(C)C)cc3)C(=O)OC(C)(C)C)cc2)ncc1Br. The number of aromatic nitrogens is 2. The molecule has 8 heteroatoms. The first kappa shape index (κ1) is 28.3. The Morgan fingerprint density at radius 2 is 1.59 bits per heavy atom. The largest absolute Gasteiger partial charge is 0.480 e. The molecule has 0 bridgehead atoms. The molecule has 0 aliphatic carbocycles. The molecule has 1 unspecified atom stereocenters. The van der Waals surface area contributed by atoms with Gasteiger partial charge >= 0.3 is 5.97 Å². The van der Waals surface area contributed by atoms with Crippen LogP contribution in [0.15, 0.2) is 59.2 Å². The Morgan fingerprint density at radius 1 is 0.973 bits per heavy atom. The van der Waals surface area contributed by atoms with Crippen LogP contribution < -0.4 is 10.1 Å². The number of methoxy groups -OCH3 is 1. The van der Waals surface area contributed by atoms with E-state index in [4.69, 9.17) is 9.47 Å². The van der Waals surface area contributed by atoms with Gasteiger partial charge in [0, 0.05) is 23.7 Å². The van der Waals surface area contributed by atoms with E-state index in [-0.39, 0.29) is 17.7 Å². The quantitative estimate of drug-likeness (QED) is 0.358. The summed E-state index contributed by atoms with van der Waals surface area (Å²) in [6.45, 7) is 11.8. The van der Waals surface area contributed by atoms with Gasteiger partial charge in [-0.15, -0.1) is 0 Å². The van der Waals surface area contributed by atoms with Crippen LogP contribution in [0.25, 0.3) is 11.4 Å². The number of hydrogen-bond donors (Lipinski definition) is 1. The highest BCUT2D eigenvalue weighted by atomic mass is 79.9. The first-order valence-electron chi connectivity index (χ1n) is 12.1. The molecule has 196 valence electrons. The normalized spacial score (nSPS) is 12.5. The second-order valence-electron chi connectivity index (χ2n) is 10.8. The summed E-state index contributed by atoms with van der Waals surface area (Å²) in [5.41, 5.74) is 2.56. The molecule has 0 spiro atoms. The monoisotopic (exact) mass is 567 g/mol. The molecule has 3 rings (SSSR count). The maximum Gasteiger partial charge on any atom is 0.329 e. The number of rotatable bonds is 7. The highest BCUT2D eigenvalue weighted by Gasteiger charge is 2.27. The Kier molecular flexibility index (Phi) is 8.74. The molecule has 1 N–H and O–H groups in total. The van der Waals surface area contributed by atoms with Gasteiger partial charge in [-0.2, -0.15) is 4.98 Å². The Labute approximate surface area is 227 Å². The van der Waals surface area contributed by atoms with Crippen molar-refractivity contribution in [3.63, 3.8) is 0 Å². The van der Waals surface area contributed by atoms with E-state index in [1.165, 1.54) is 0 Å². The van der Waals surface area contributed by atoms with E-state index in [9.17, 15) is 9.59 Å². The number of carbonyl (C=O) groups is 2. The average molecular weight is 569 g/mol. The zero-order chi connectivity index (χ0) is 27.4. The van der Waals surface area contributed by atoms with Gasteiger partial charge in [0.25, 0.3) is 5.91 Å². The van der Waals surface area contributed by atoms with Crippen LogP contribution in [0.1, 0.15) is 63.0 Å². The Morgan fingerprint density at radius 3 is 2.14 bits per heavy atom. The van der Waals surface area contributed by atoms with Gasteiger partial charge in [-0.25, -0.2) is 9.78 Å². The molecular formula is C29H34BrN3O4. The van der Waals surface area contributed by atoms with Crippen LogP contribution in [0.5, 0.6) is 5.88 Å². The van der Waals surface area contributed by atoms with Crippen molar-refractivity contribution in [3.8, 4) is 17.3 Å². The van der Waals surface area contributed by atoms with Gasteiger partial charge in [0.1, 0.15) is 11.6 Å². The molecule has 37 heavy (non-hydrogen) atoms. The lowest BCUT2D eigenvalue weighted by Gasteiger charge is -2.25. The fourth-order valence-electron chi connectivity index (χ4n) is 3.59. The van der Waals surface area contributed by atoms with Crippen molar-refractivity contribution in [3.05, 3.63) is 75.9 Å². The van der Waals surface area contributed by atoms with Crippen LogP contribution >= 0.6 is 15.9 Å². The maximum atomic E-state index is 13.1. The second kappa shape index (κ2) is 11.4. The van der Waals surface area contributed by atoms with Gasteiger partial charge in [-0.05, 0) is 65.4 Å². The van der Waals surface area contributed by atoms with E-state index in [1.807, 2.05) is 36.4 Å². The predicted molar refractivity (Wildman–Crippen MR) is 148 cm³/mol. The highest BCUT2D eigenvalue weighted by Crippen LogP contribution is 2.25. The Bertz CT molecular complexity index is 1240. The average Bonchev–Trinajstić information content (AvgIpc) is 2.83. The number of carbonyl (C=O) groups excluding carboxylic acids is 2. The van der Waals surface area contributed by atoms with E-state index in [0.29, 0.717) is 21.7 Å². The summed E-state index contributed by atoms with van der Waals surface area (Å²) in [6.07, 6.45) is 1.91. The van der Waals surface area contributed by atoms with Gasteiger partial charge in [0.15, 0.2) is 5.82 Å². The third-order valence-corrected chi connectivity index (χ3v) is 6.11. The molecule has 0 fully saturated rings. The molecule has 0 radical (unpaired) electrons. The number of ether oxygens (including phenoxy) is 2. The Balaban J connectivity index is 1.80. The molecule has 0 saturated carbocycles. The lowest BCUT2D eigenvalue weighted by molar-refractivity contribution is -0.157. The van der Waals surface area contributed by atoms with Crippen LogP contribution in [0.2, 0.25) is 0 Å². The number of hydrogen-bond acceptors (Lipinski definition) is 6. The van der Waals surface area contributed by atoms with Crippen LogP contribution in [-0.2, 0) is 21.4 Å². The highest BCUT2D eigenvalue weighted by molar-refractivity contribution is 9.10. The van der Waals surface area contributed by atoms with Crippen molar-refractivity contribution < 1.29 is 19.1 Å². The van der Waals surface area contributed by atoms with Crippen LogP contribution in [0.4, 0.5) is 0 Å². The molecule has 1 aromatic heterocycles. The zero-order valence-corrected chi connectivity index (χ0v) is 24.0. The van der Waals surface area contributed by atoms with E-state index >= 15 is 0 Å². The summed E-state index contributed by atoms with van der Waals surface area (Å²) in [7, 11) is 1.55. The molecule has 0 saturated heterocycles. The van der Waals surface area contributed by atoms with Crippen molar-refractivity contribution in [2.75, 3.05) is 7.11 Å². The van der Waals surface area contributed by atoms with E-state index < -0.39 is 17.6 Å². The van der Waals surface area contributed by atoms with Gasteiger partial charge in [-0.1, -0.05) is 57.2 Å². The molecule has 0 aliphatic heterocycles. The summed E-state index contributed by atoms with van der Waals surface area (Å²) in [4.78, 5) is 34.8. The number of esters is 1. The summed E-state index contributed by atoms with van der Waals surface area (Å²) in [5.74, 6) is 0.139. The second-order valence-corrected chi connectivity index (χ2v) is 11.7. The van der Waals surface area contributed by atoms with Gasteiger partial charge in [0.2, 0.25) is 5.88 Å². The lowest BCUT2D eigenvalue weighted by Crippen LogP contribution is -2.45. The van der Waals surface area contributed by atoms with Crippen molar-refractivity contribution in [2.45, 2.75) is 65.0 Å². The minimum absolute atomic E-state index is 0.0212. The molecule has 3 aromatic rings. The standard InChI is InChI=1S/C29H34BrN3O4/c1-28(2,3)21-14-12-20(13-15-21)25(34)32-23(27(35)37-29(4,5)6)16-18-8-10-19(11-9-18)24-31-17-22(30)26(33-24)36-7/h8-15,17,23H,16H2,1-7H3,(H,32,34). The summed E-state index contributed by atoms with van der Waals surface area (Å²) < 4.78 is 11.5. The first-order valence-corrected chi connectivity index (χ1v) is 12.9. The molecular weight excluding hydrogens is 534 g/mol. The van der Waals surface area contributed by atoms with E-state index in [0.717, 1.165) is 16.7 Å². The maximum absolute atomic E-state index is 13.1. The third kappa shape index (κ3) is 7.86. The van der Waals surface area contributed by atoms with Crippen molar-refractivity contribution in [1.29, 1.82) is 0 Å².